The van der Waals surface area contributed by atoms with Crippen molar-refractivity contribution in [1.82, 2.24) is 4.90 Å². The second kappa shape index (κ2) is 6.70. The van der Waals surface area contributed by atoms with Crippen LogP contribution in [-0.4, -0.2) is 41.8 Å². The lowest BCUT2D eigenvalue weighted by atomic mass is 10.1. The number of carboxylic acids is 1. The van der Waals surface area contributed by atoms with E-state index in [1.807, 2.05) is 18.2 Å². The zero-order chi connectivity index (χ0) is 13.8. The van der Waals surface area contributed by atoms with E-state index in [2.05, 4.69) is 20.8 Å². The van der Waals surface area contributed by atoms with Crippen LogP contribution in [0.1, 0.15) is 12.0 Å². The standard InChI is InChI=1S/C13H15BrClNO3/c14-10-1-2-12(15)9(5-10)7-16-3-4-19-8-11(16)6-13(17)18/h1-2,5,11H,3-4,6-8H2,(H,17,18). The predicted octanol–water partition coefficient (Wildman–Crippen LogP) is 2.78. The number of carbonyl (C=O) groups is 1. The second-order valence-corrected chi connectivity index (χ2v) is 5.86. The molecule has 19 heavy (non-hydrogen) atoms. The van der Waals surface area contributed by atoms with Crippen molar-refractivity contribution in [3.63, 3.8) is 0 Å². The molecule has 1 atom stereocenters. The molecule has 0 aliphatic carbocycles. The highest BCUT2D eigenvalue weighted by molar-refractivity contribution is 9.10. The summed E-state index contributed by atoms with van der Waals surface area (Å²) in [5.74, 6) is -0.805. The Balaban J connectivity index is 2.10. The third-order valence-corrected chi connectivity index (χ3v) is 4.00. The number of hydrogen-bond acceptors (Lipinski definition) is 3. The lowest BCUT2D eigenvalue weighted by molar-refractivity contribution is -0.140. The fraction of sp³-hybridized carbons (Fsp3) is 0.462. The lowest BCUT2D eigenvalue weighted by Gasteiger charge is -2.35. The van der Waals surface area contributed by atoms with E-state index in [0.29, 0.717) is 24.8 Å². The van der Waals surface area contributed by atoms with Crippen molar-refractivity contribution < 1.29 is 14.6 Å². The Bertz CT molecular complexity index is 469. The largest absolute Gasteiger partial charge is 0.481 e. The third kappa shape index (κ3) is 4.18. The average molecular weight is 349 g/mol. The molecule has 0 spiro atoms. The zero-order valence-electron chi connectivity index (χ0n) is 10.3. The maximum absolute atomic E-state index is 10.9. The molecule has 0 bridgehead atoms. The predicted molar refractivity (Wildman–Crippen MR) is 76.4 cm³/mol. The van der Waals surface area contributed by atoms with Gasteiger partial charge in [-0.05, 0) is 23.8 Å². The van der Waals surface area contributed by atoms with Gasteiger partial charge < -0.3 is 9.84 Å². The number of ether oxygens (including phenoxy) is 1. The first-order chi connectivity index (χ1) is 9.06. The molecular weight excluding hydrogens is 334 g/mol. The molecule has 1 heterocycles. The summed E-state index contributed by atoms with van der Waals surface area (Å²) in [6.07, 6.45) is 0.0889. The van der Waals surface area contributed by atoms with Crippen LogP contribution in [0, 0.1) is 0 Å². The summed E-state index contributed by atoms with van der Waals surface area (Å²) in [6.45, 7) is 2.44. The Hall–Kier alpha value is -0.620. The SMILES string of the molecule is O=C(O)CC1COCCN1Cc1cc(Br)ccc1Cl. The molecule has 6 heteroatoms. The Morgan fingerprint density at radius 1 is 1.58 bits per heavy atom. The van der Waals surface area contributed by atoms with Gasteiger partial charge in [-0.25, -0.2) is 0 Å². The summed E-state index contributed by atoms with van der Waals surface area (Å²) in [4.78, 5) is 13.0. The van der Waals surface area contributed by atoms with Gasteiger partial charge in [0.25, 0.3) is 0 Å². The zero-order valence-corrected chi connectivity index (χ0v) is 12.7. The van der Waals surface area contributed by atoms with Crippen LogP contribution in [0.15, 0.2) is 22.7 Å². The smallest absolute Gasteiger partial charge is 0.305 e. The van der Waals surface area contributed by atoms with Gasteiger partial charge >= 0.3 is 5.97 Å². The molecule has 4 nitrogen and oxygen atoms in total. The van der Waals surface area contributed by atoms with Gasteiger partial charge in [0.2, 0.25) is 0 Å². The molecule has 1 saturated heterocycles. The summed E-state index contributed by atoms with van der Waals surface area (Å²) in [7, 11) is 0. The van der Waals surface area contributed by atoms with Gasteiger partial charge in [0.1, 0.15) is 0 Å². The Kier molecular flexibility index (Phi) is 5.21. The van der Waals surface area contributed by atoms with Crippen molar-refractivity contribution in [3.8, 4) is 0 Å². The molecule has 0 saturated carbocycles. The van der Waals surface area contributed by atoms with Crippen LogP contribution in [0.5, 0.6) is 0 Å². The quantitative estimate of drug-likeness (QED) is 0.909. The van der Waals surface area contributed by atoms with Gasteiger partial charge in [-0.2, -0.15) is 0 Å². The highest BCUT2D eigenvalue weighted by Gasteiger charge is 2.25. The summed E-state index contributed by atoms with van der Waals surface area (Å²) in [5.41, 5.74) is 0.994. The summed E-state index contributed by atoms with van der Waals surface area (Å²) in [6, 6.07) is 5.60. The van der Waals surface area contributed by atoms with Crippen LogP contribution in [0.4, 0.5) is 0 Å². The van der Waals surface area contributed by atoms with E-state index in [-0.39, 0.29) is 12.5 Å². The molecule has 1 fully saturated rings. The minimum absolute atomic E-state index is 0.0889. The molecule has 1 N–H and O–H groups in total. The van der Waals surface area contributed by atoms with E-state index in [1.54, 1.807) is 0 Å². The topological polar surface area (TPSA) is 49.8 Å². The van der Waals surface area contributed by atoms with Gasteiger partial charge in [-0.15, -0.1) is 0 Å². The minimum atomic E-state index is -0.805. The Morgan fingerprint density at radius 2 is 2.37 bits per heavy atom. The van der Waals surface area contributed by atoms with Crippen LogP contribution in [0.25, 0.3) is 0 Å². The number of aliphatic carboxylic acids is 1. The highest BCUT2D eigenvalue weighted by Crippen LogP contribution is 2.24. The van der Waals surface area contributed by atoms with Crippen molar-refractivity contribution >= 4 is 33.5 Å². The van der Waals surface area contributed by atoms with E-state index in [0.717, 1.165) is 16.6 Å². The van der Waals surface area contributed by atoms with Crippen molar-refractivity contribution in [2.75, 3.05) is 19.8 Å². The van der Waals surface area contributed by atoms with Gasteiger partial charge in [0.15, 0.2) is 0 Å². The maximum atomic E-state index is 10.9. The van der Waals surface area contributed by atoms with Crippen LogP contribution in [-0.2, 0) is 16.1 Å². The van der Waals surface area contributed by atoms with E-state index in [9.17, 15) is 4.79 Å². The summed E-state index contributed by atoms with van der Waals surface area (Å²) < 4.78 is 6.33. The van der Waals surface area contributed by atoms with Crippen LogP contribution in [0.3, 0.4) is 0 Å². The first-order valence-corrected chi connectivity index (χ1v) is 7.21. The number of rotatable bonds is 4. The maximum Gasteiger partial charge on any atom is 0.305 e. The first kappa shape index (κ1) is 14.8. The first-order valence-electron chi connectivity index (χ1n) is 6.04. The lowest BCUT2D eigenvalue weighted by Crippen LogP contribution is -2.45. The van der Waals surface area contributed by atoms with Crippen molar-refractivity contribution in [3.05, 3.63) is 33.3 Å². The van der Waals surface area contributed by atoms with Crippen LogP contribution in [0.2, 0.25) is 5.02 Å². The number of morpholine rings is 1. The van der Waals surface area contributed by atoms with Gasteiger partial charge in [0, 0.05) is 28.6 Å². The summed E-state index contributed by atoms with van der Waals surface area (Å²) >= 11 is 9.59. The van der Waals surface area contributed by atoms with Crippen LogP contribution >= 0.6 is 27.5 Å². The van der Waals surface area contributed by atoms with E-state index in [1.165, 1.54) is 0 Å². The molecule has 1 aliphatic rings. The van der Waals surface area contributed by atoms with Gasteiger partial charge in [-0.1, -0.05) is 27.5 Å². The number of benzene rings is 1. The van der Waals surface area contributed by atoms with Gasteiger partial charge in [-0.3, -0.25) is 9.69 Å². The monoisotopic (exact) mass is 347 g/mol. The van der Waals surface area contributed by atoms with Gasteiger partial charge in [0.05, 0.1) is 19.6 Å². The molecule has 1 unspecified atom stereocenters. The molecule has 1 aromatic rings. The van der Waals surface area contributed by atoms with E-state index >= 15 is 0 Å². The average Bonchev–Trinajstić information content (AvgIpc) is 2.35. The molecule has 1 aliphatic heterocycles. The van der Waals surface area contributed by atoms with Crippen molar-refractivity contribution in [2.24, 2.45) is 0 Å². The summed E-state index contributed by atoms with van der Waals surface area (Å²) in [5, 5.41) is 9.63. The molecule has 0 radical (unpaired) electrons. The molecule has 1 aromatic carbocycles. The minimum Gasteiger partial charge on any atom is -0.481 e. The van der Waals surface area contributed by atoms with E-state index < -0.39 is 5.97 Å². The highest BCUT2D eigenvalue weighted by atomic mass is 79.9. The second-order valence-electron chi connectivity index (χ2n) is 4.53. The Morgan fingerprint density at radius 3 is 3.11 bits per heavy atom. The van der Waals surface area contributed by atoms with Crippen molar-refractivity contribution in [1.29, 1.82) is 0 Å². The number of halogens is 2. The number of hydrogen-bond donors (Lipinski definition) is 1. The fourth-order valence-electron chi connectivity index (χ4n) is 2.17. The normalized spacial score (nSPS) is 20.4. The van der Waals surface area contributed by atoms with Crippen LogP contribution < -0.4 is 0 Å². The molecule has 104 valence electrons. The Labute approximate surface area is 125 Å². The fourth-order valence-corrected chi connectivity index (χ4v) is 2.76. The van der Waals surface area contributed by atoms with E-state index in [4.69, 9.17) is 21.4 Å². The number of carboxylic acid groups (broad SMARTS) is 1. The molecule has 0 amide bonds. The molecular formula is C13H15BrClNO3. The molecule has 2 rings (SSSR count). The van der Waals surface area contributed by atoms with Crippen molar-refractivity contribution in [2.45, 2.75) is 19.0 Å². The third-order valence-electron chi connectivity index (χ3n) is 3.14. The number of nitrogens with zero attached hydrogens (tertiary/aromatic N) is 1. The molecule has 0 aromatic heterocycles.